The van der Waals surface area contributed by atoms with Gasteiger partial charge in [0.2, 0.25) is 10.0 Å². The average Bonchev–Trinajstić information content (AvgIpc) is 3.19. The molecule has 0 aliphatic carbocycles. The summed E-state index contributed by atoms with van der Waals surface area (Å²) in [4.78, 5) is 13.0. The number of hydrogen-bond acceptors (Lipinski definition) is 5. The zero-order valence-corrected chi connectivity index (χ0v) is 17.8. The van der Waals surface area contributed by atoms with Crippen LogP contribution in [-0.4, -0.2) is 43.2 Å². The molecule has 0 radical (unpaired) electrons. The Hall–Kier alpha value is -1.35. The topological polar surface area (TPSA) is 66.5 Å². The molecule has 1 aromatic heterocycles. The lowest BCUT2D eigenvalue weighted by molar-refractivity contribution is 0.102. The lowest BCUT2D eigenvalue weighted by Crippen LogP contribution is -2.38. The zero-order chi connectivity index (χ0) is 19.3. The highest BCUT2D eigenvalue weighted by Crippen LogP contribution is 2.28. The largest absolute Gasteiger partial charge is 0.321 e. The van der Waals surface area contributed by atoms with Crippen LogP contribution >= 0.6 is 23.1 Å². The minimum Gasteiger partial charge on any atom is -0.321 e. The number of hydrogen-bond donors (Lipinski definition) is 1. The van der Waals surface area contributed by atoms with Gasteiger partial charge in [0, 0.05) is 30.3 Å². The standard InChI is InChI=1S/C19H24N2O3S3/c1-2-3-4-15-5-7-16(8-6-15)20-19(22)18-17(9-12-26-18)27(23,24)21-10-13-25-14-11-21/h5-9,12H,2-4,10-11,13-14H2,1H3,(H,20,22). The van der Waals surface area contributed by atoms with E-state index in [9.17, 15) is 13.2 Å². The fraction of sp³-hybridized carbons (Fsp3) is 0.421. The van der Waals surface area contributed by atoms with E-state index in [1.54, 1.807) is 17.1 Å². The highest BCUT2D eigenvalue weighted by molar-refractivity contribution is 7.99. The van der Waals surface area contributed by atoms with Crippen LogP contribution in [0.4, 0.5) is 5.69 Å². The number of rotatable bonds is 7. The normalized spacial score (nSPS) is 15.6. The maximum absolute atomic E-state index is 12.9. The van der Waals surface area contributed by atoms with Gasteiger partial charge in [0.1, 0.15) is 9.77 Å². The van der Waals surface area contributed by atoms with Crippen molar-refractivity contribution in [3.63, 3.8) is 0 Å². The van der Waals surface area contributed by atoms with Crippen LogP contribution in [0.5, 0.6) is 0 Å². The first kappa shape index (κ1) is 20.4. The second-order valence-corrected chi connectivity index (χ2v) is 10.4. The zero-order valence-electron chi connectivity index (χ0n) is 15.3. The fourth-order valence-electron chi connectivity index (χ4n) is 2.92. The van der Waals surface area contributed by atoms with Crippen molar-refractivity contribution in [2.75, 3.05) is 29.9 Å². The van der Waals surface area contributed by atoms with Crippen LogP contribution in [0, 0.1) is 0 Å². The fourth-order valence-corrected chi connectivity index (χ4v) is 6.79. The van der Waals surface area contributed by atoms with E-state index in [2.05, 4.69) is 12.2 Å². The van der Waals surface area contributed by atoms with E-state index in [0.29, 0.717) is 18.8 Å². The maximum atomic E-state index is 12.9. The average molecular weight is 425 g/mol. The maximum Gasteiger partial charge on any atom is 0.267 e. The Labute approximate surface area is 169 Å². The summed E-state index contributed by atoms with van der Waals surface area (Å²) in [5.41, 5.74) is 1.91. The molecule has 1 fully saturated rings. The van der Waals surface area contributed by atoms with Crippen LogP contribution in [0.15, 0.2) is 40.6 Å². The summed E-state index contributed by atoms with van der Waals surface area (Å²) in [5, 5.41) is 4.49. The van der Waals surface area contributed by atoms with Crippen molar-refractivity contribution in [3.8, 4) is 0 Å². The molecule has 1 aliphatic rings. The van der Waals surface area contributed by atoms with Gasteiger partial charge in [-0.15, -0.1) is 11.3 Å². The van der Waals surface area contributed by atoms with Gasteiger partial charge in [-0.3, -0.25) is 4.79 Å². The number of anilines is 1. The lowest BCUT2D eigenvalue weighted by Gasteiger charge is -2.25. The van der Waals surface area contributed by atoms with E-state index < -0.39 is 10.0 Å². The number of benzene rings is 1. The van der Waals surface area contributed by atoms with Crippen LogP contribution in [0.3, 0.4) is 0 Å². The Morgan fingerprint density at radius 2 is 1.85 bits per heavy atom. The van der Waals surface area contributed by atoms with Crippen molar-refractivity contribution < 1.29 is 13.2 Å². The molecule has 8 heteroatoms. The van der Waals surface area contributed by atoms with Gasteiger partial charge in [0.25, 0.3) is 5.91 Å². The van der Waals surface area contributed by atoms with Gasteiger partial charge in [-0.2, -0.15) is 16.1 Å². The van der Waals surface area contributed by atoms with Crippen molar-refractivity contribution in [2.45, 2.75) is 31.1 Å². The number of sulfonamides is 1. The Kier molecular flexibility index (Phi) is 6.97. The summed E-state index contributed by atoms with van der Waals surface area (Å²) in [6, 6.07) is 9.27. The number of carbonyl (C=O) groups excluding carboxylic acids is 1. The Balaban J connectivity index is 1.74. The van der Waals surface area contributed by atoms with E-state index in [1.807, 2.05) is 24.3 Å². The first-order chi connectivity index (χ1) is 13.0. The number of thiophene rings is 1. The molecule has 3 rings (SSSR count). The van der Waals surface area contributed by atoms with Crippen molar-refractivity contribution >= 4 is 44.7 Å². The van der Waals surface area contributed by atoms with Crippen LogP contribution in [-0.2, 0) is 16.4 Å². The van der Waals surface area contributed by atoms with Gasteiger partial charge in [0.15, 0.2) is 0 Å². The minimum absolute atomic E-state index is 0.108. The van der Waals surface area contributed by atoms with E-state index in [4.69, 9.17) is 0 Å². The van der Waals surface area contributed by atoms with E-state index in [0.717, 1.165) is 42.1 Å². The SMILES string of the molecule is CCCCc1ccc(NC(=O)c2sccc2S(=O)(=O)N2CCSCC2)cc1. The molecule has 1 aromatic carbocycles. The molecule has 1 aliphatic heterocycles. The van der Waals surface area contributed by atoms with Crippen molar-refractivity contribution in [1.82, 2.24) is 4.31 Å². The number of aryl methyl sites for hydroxylation is 1. The molecule has 2 heterocycles. The molecule has 0 atom stereocenters. The van der Waals surface area contributed by atoms with Gasteiger partial charge in [0.05, 0.1) is 0 Å². The summed E-state index contributed by atoms with van der Waals surface area (Å²) in [6.45, 7) is 3.14. The summed E-state index contributed by atoms with van der Waals surface area (Å²) in [6.07, 6.45) is 3.30. The molecule has 1 amide bonds. The predicted octanol–water partition coefficient (Wildman–Crippen LogP) is 4.08. The van der Waals surface area contributed by atoms with Gasteiger partial charge in [-0.1, -0.05) is 25.5 Å². The second-order valence-electron chi connectivity index (χ2n) is 6.39. The summed E-state index contributed by atoms with van der Waals surface area (Å²) >= 11 is 2.91. The third-order valence-electron chi connectivity index (χ3n) is 4.45. The van der Waals surface area contributed by atoms with E-state index in [-0.39, 0.29) is 15.7 Å². The quantitative estimate of drug-likeness (QED) is 0.727. The van der Waals surface area contributed by atoms with Crippen molar-refractivity contribution in [2.24, 2.45) is 0 Å². The van der Waals surface area contributed by atoms with Gasteiger partial charge in [-0.25, -0.2) is 8.42 Å². The van der Waals surface area contributed by atoms with Gasteiger partial charge < -0.3 is 5.32 Å². The number of thioether (sulfide) groups is 1. The Bertz CT molecular complexity index is 870. The monoisotopic (exact) mass is 424 g/mol. The first-order valence-electron chi connectivity index (χ1n) is 9.08. The Morgan fingerprint density at radius 3 is 2.52 bits per heavy atom. The van der Waals surface area contributed by atoms with Gasteiger partial charge >= 0.3 is 0 Å². The van der Waals surface area contributed by atoms with Gasteiger partial charge in [-0.05, 0) is 42.0 Å². The summed E-state index contributed by atoms with van der Waals surface area (Å²) < 4.78 is 27.3. The van der Waals surface area contributed by atoms with E-state index in [1.165, 1.54) is 15.9 Å². The first-order valence-corrected chi connectivity index (χ1v) is 12.6. The number of carbonyl (C=O) groups is 1. The number of unbranched alkanes of at least 4 members (excludes halogenated alkanes) is 1. The third kappa shape index (κ3) is 4.93. The smallest absolute Gasteiger partial charge is 0.267 e. The molecular formula is C19H24N2O3S3. The van der Waals surface area contributed by atoms with Crippen molar-refractivity contribution in [1.29, 1.82) is 0 Å². The molecule has 146 valence electrons. The highest BCUT2D eigenvalue weighted by atomic mass is 32.2. The van der Waals surface area contributed by atoms with E-state index >= 15 is 0 Å². The minimum atomic E-state index is -3.63. The number of nitrogens with zero attached hydrogens (tertiary/aromatic N) is 1. The van der Waals surface area contributed by atoms with Crippen LogP contribution in [0.2, 0.25) is 0 Å². The summed E-state index contributed by atoms with van der Waals surface area (Å²) in [7, 11) is -3.63. The molecule has 0 spiro atoms. The third-order valence-corrected chi connectivity index (χ3v) is 8.38. The molecule has 0 unspecified atom stereocenters. The molecule has 1 N–H and O–H groups in total. The van der Waals surface area contributed by atoms with Crippen molar-refractivity contribution in [3.05, 3.63) is 46.2 Å². The second kappa shape index (κ2) is 9.23. The lowest BCUT2D eigenvalue weighted by atomic mass is 10.1. The molecule has 1 saturated heterocycles. The Morgan fingerprint density at radius 1 is 1.15 bits per heavy atom. The number of amides is 1. The predicted molar refractivity (Wildman–Crippen MR) is 113 cm³/mol. The highest BCUT2D eigenvalue weighted by Gasteiger charge is 2.31. The van der Waals surface area contributed by atoms with Crippen LogP contribution in [0.25, 0.3) is 0 Å². The molecule has 0 bridgehead atoms. The summed E-state index contributed by atoms with van der Waals surface area (Å²) in [5.74, 6) is 1.20. The molecular weight excluding hydrogens is 400 g/mol. The van der Waals surface area contributed by atoms with Crippen LogP contribution in [0.1, 0.15) is 35.0 Å². The number of nitrogens with one attached hydrogen (secondary N) is 1. The molecule has 2 aromatic rings. The molecule has 27 heavy (non-hydrogen) atoms. The molecule has 5 nitrogen and oxygen atoms in total. The van der Waals surface area contributed by atoms with Crippen LogP contribution < -0.4 is 5.32 Å². The molecule has 0 saturated carbocycles.